The van der Waals surface area contributed by atoms with E-state index in [2.05, 4.69) is 0 Å². The maximum Gasteiger partial charge on any atom is 0.410 e. The molecule has 0 heterocycles. The number of ether oxygens (including phenoxy) is 1. The Balaban J connectivity index is 2.57. The van der Waals surface area contributed by atoms with E-state index in [1.165, 1.54) is 4.90 Å². The van der Waals surface area contributed by atoms with Gasteiger partial charge in [0.25, 0.3) is 0 Å². The number of hydrogen-bond donors (Lipinski definition) is 1. The fourth-order valence-corrected chi connectivity index (χ4v) is 1.93. The molecule has 0 radical (unpaired) electrons. The highest BCUT2D eigenvalue weighted by Gasteiger charge is 2.31. The lowest BCUT2D eigenvalue weighted by molar-refractivity contribution is 0.0405. The molecule has 1 amide bonds. The molecular formula is C15H23NO3. The molecule has 4 heteroatoms. The second-order valence-electron chi connectivity index (χ2n) is 5.72. The van der Waals surface area contributed by atoms with Crippen molar-refractivity contribution in [1.29, 1.82) is 0 Å². The van der Waals surface area contributed by atoms with Crippen molar-refractivity contribution >= 4 is 6.09 Å². The van der Waals surface area contributed by atoms with Gasteiger partial charge in [0.05, 0.1) is 12.6 Å². The molecule has 1 unspecified atom stereocenters. The molecule has 0 saturated carbocycles. The summed E-state index contributed by atoms with van der Waals surface area (Å²) in [6.45, 7) is 6.10. The van der Waals surface area contributed by atoms with Crippen LogP contribution in [-0.2, 0) is 11.3 Å². The zero-order chi connectivity index (χ0) is 14.5. The predicted octanol–water partition coefficient (Wildman–Crippen LogP) is 2.66. The summed E-state index contributed by atoms with van der Waals surface area (Å²) >= 11 is 0. The Labute approximate surface area is 115 Å². The van der Waals surface area contributed by atoms with Crippen LogP contribution in [0.1, 0.15) is 26.3 Å². The van der Waals surface area contributed by atoms with Crippen molar-refractivity contribution in [3.63, 3.8) is 0 Å². The molecule has 1 atom stereocenters. The van der Waals surface area contributed by atoms with Crippen LogP contribution >= 0.6 is 0 Å². The molecule has 1 rings (SSSR count). The van der Waals surface area contributed by atoms with Crippen molar-refractivity contribution in [2.75, 3.05) is 13.7 Å². The van der Waals surface area contributed by atoms with Crippen molar-refractivity contribution in [1.82, 2.24) is 4.90 Å². The topological polar surface area (TPSA) is 49.8 Å². The molecule has 19 heavy (non-hydrogen) atoms. The van der Waals surface area contributed by atoms with Gasteiger partial charge in [-0.25, -0.2) is 4.79 Å². The van der Waals surface area contributed by atoms with Crippen LogP contribution in [-0.4, -0.2) is 35.8 Å². The zero-order valence-corrected chi connectivity index (χ0v) is 12.1. The monoisotopic (exact) mass is 265 g/mol. The molecule has 0 aliphatic rings. The lowest BCUT2D eigenvalue weighted by atomic mass is 9.86. The smallest absolute Gasteiger partial charge is 0.410 e. The van der Waals surface area contributed by atoms with Gasteiger partial charge in [0.1, 0.15) is 6.61 Å². The van der Waals surface area contributed by atoms with Gasteiger partial charge in [-0.1, -0.05) is 51.1 Å². The molecule has 0 aliphatic carbocycles. The number of rotatable bonds is 4. The highest BCUT2D eigenvalue weighted by atomic mass is 16.6. The summed E-state index contributed by atoms with van der Waals surface area (Å²) in [6, 6.07) is 9.26. The van der Waals surface area contributed by atoms with E-state index in [4.69, 9.17) is 4.74 Å². The number of amides is 1. The summed E-state index contributed by atoms with van der Waals surface area (Å²) in [7, 11) is 1.65. The summed E-state index contributed by atoms with van der Waals surface area (Å²) in [4.78, 5) is 13.4. The van der Waals surface area contributed by atoms with Crippen LogP contribution in [0.2, 0.25) is 0 Å². The van der Waals surface area contributed by atoms with E-state index >= 15 is 0 Å². The first-order valence-corrected chi connectivity index (χ1v) is 6.40. The van der Waals surface area contributed by atoms with Crippen molar-refractivity contribution in [3.05, 3.63) is 35.9 Å². The Morgan fingerprint density at radius 1 is 1.32 bits per heavy atom. The Bertz CT molecular complexity index is 398. The van der Waals surface area contributed by atoms with E-state index in [-0.39, 0.29) is 24.7 Å². The number of carbonyl (C=O) groups is 1. The van der Waals surface area contributed by atoms with Crippen molar-refractivity contribution in [2.45, 2.75) is 33.4 Å². The number of aliphatic hydroxyl groups excluding tert-OH is 1. The quantitative estimate of drug-likeness (QED) is 0.910. The fourth-order valence-electron chi connectivity index (χ4n) is 1.93. The van der Waals surface area contributed by atoms with Gasteiger partial charge in [0, 0.05) is 7.05 Å². The molecule has 1 N–H and O–H groups in total. The SMILES string of the molecule is CN(C(=O)OCc1ccccc1)C(CO)C(C)(C)C. The van der Waals surface area contributed by atoms with Crippen LogP contribution in [0.4, 0.5) is 4.79 Å². The normalized spacial score (nSPS) is 12.9. The van der Waals surface area contributed by atoms with Crippen LogP contribution in [0.3, 0.4) is 0 Å². The minimum Gasteiger partial charge on any atom is -0.445 e. The van der Waals surface area contributed by atoms with E-state index in [1.54, 1.807) is 7.05 Å². The van der Waals surface area contributed by atoms with E-state index in [9.17, 15) is 9.90 Å². The van der Waals surface area contributed by atoms with Gasteiger partial charge in [-0.15, -0.1) is 0 Å². The molecule has 106 valence electrons. The summed E-state index contributed by atoms with van der Waals surface area (Å²) in [5.41, 5.74) is 0.746. The number of benzene rings is 1. The van der Waals surface area contributed by atoms with Crippen LogP contribution in [0.15, 0.2) is 30.3 Å². The van der Waals surface area contributed by atoms with Crippen molar-refractivity contribution in [2.24, 2.45) is 5.41 Å². The lowest BCUT2D eigenvalue weighted by Crippen LogP contribution is -2.47. The van der Waals surface area contributed by atoms with Gasteiger partial charge in [-0.05, 0) is 11.0 Å². The van der Waals surface area contributed by atoms with Crippen molar-refractivity contribution < 1.29 is 14.6 Å². The van der Waals surface area contributed by atoms with Gasteiger partial charge in [0.2, 0.25) is 0 Å². The maximum absolute atomic E-state index is 12.0. The molecule has 1 aromatic carbocycles. The largest absolute Gasteiger partial charge is 0.445 e. The summed E-state index contributed by atoms with van der Waals surface area (Å²) in [5, 5.41) is 9.42. The fraction of sp³-hybridized carbons (Fsp3) is 0.533. The van der Waals surface area contributed by atoms with Crippen LogP contribution in [0, 0.1) is 5.41 Å². The highest BCUT2D eigenvalue weighted by Crippen LogP contribution is 2.23. The van der Waals surface area contributed by atoms with Gasteiger partial charge in [-0.2, -0.15) is 0 Å². The van der Waals surface area contributed by atoms with E-state index < -0.39 is 6.09 Å². The first-order valence-electron chi connectivity index (χ1n) is 6.40. The number of aliphatic hydroxyl groups is 1. The molecule has 0 aliphatic heterocycles. The van der Waals surface area contributed by atoms with Crippen molar-refractivity contribution in [3.8, 4) is 0 Å². The molecule has 1 aromatic rings. The summed E-state index contributed by atoms with van der Waals surface area (Å²) in [5.74, 6) is 0. The molecule has 0 bridgehead atoms. The third-order valence-corrected chi connectivity index (χ3v) is 3.13. The molecule has 4 nitrogen and oxygen atoms in total. The van der Waals surface area contributed by atoms with E-state index in [0.29, 0.717) is 0 Å². The van der Waals surface area contributed by atoms with E-state index in [1.807, 2.05) is 51.1 Å². The zero-order valence-electron chi connectivity index (χ0n) is 12.1. The Morgan fingerprint density at radius 3 is 2.37 bits per heavy atom. The number of likely N-dealkylation sites (N-methyl/N-ethyl adjacent to an activating group) is 1. The number of hydrogen-bond acceptors (Lipinski definition) is 3. The number of nitrogens with zero attached hydrogens (tertiary/aromatic N) is 1. The highest BCUT2D eigenvalue weighted by molar-refractivity contribution is 5.67. The molecule has 0 fully saturated rings. The third kappa shape index (κ3) is 4.56. The van der Waals surface area contributed by atoms with Crippen LogP contribution < -0.4 is 0 Å². The summed E-state index contributed by atoms with van der Waals surface area (Å²) < 4.78 is 5.24. The minimum atomic E-state index is -0.419. The Kier molecular flexibility index (Phi) is 5.36. The maximum atomic E-state index is 12.0. The van der Waals surface area contributed by atoms with Gasteiger partial charge >= 0.3 is 6.09 Å². The average molecular weight is 265 g/mol. The van der Waals surface area contributed by atoms with Gasteiger partial charge in [0.15, 0.2) is 0 Å². The summed E-state index contributed by atoms with van der Waals surface area (Å²) in [6.07, 6.45) is -0.419. The molecule has 0 aromatic heterocycles. The molecular weight excluding hydrogens is 242 g/mol. The first kappa shape index (κ1) is 15.5. The van der Waals surface area contributed by atoms with Gasteiger partial charge < -0.3 is 14.7 Å². The third-order valence-electron chi connectivity index (χ3n) is 3.13. The minimum absolute atomic E-state index is 0.0829. The molecule has 0 saturated heterocycles. The van der Waals surface area contributed by atoms with E-state index in [0.717, 1.165) is 5.56 Å². The predicted molar refractivity (Wildman–Crippen MR) is 74.7 cm³/mol. The van der Waals surface area contributed by atoms with Gasteiger partial charge in [-0.3, -0.25) is 0 Å². The Hall–Kier alpha value is -1.55. The van der Waals surface area contributed by atoms with Crippen LogP contribution in [0.25, 0.3) is 0 Å². The number of carbonyl (C=O) groups excluding carboxylic acids is 1. The lowest BCUT2D eigenvalue weighted by Gasteiger charge is -2.36. The molecule has 0 spiro atoms. The second-order valence-corrected chi connectivity index (χ2v) is 5.72. The average Bonchev–Trinajstić information content (AvgIpc) is 2.36. The van der Waals surface area contributed by atoms with Crippen LogP contribution in [0.5, 0.6) is 0 Å². The standard InChI is InChI=1S/C15H23NO3/c1-15(2,3)13(10-17)16(4)14(18)19-11-12-8-6-5-7-9-12/h5-9,13,17H,10-11H2,1-4H3. The first-order chi connectivity index (χ1) is 8.86. The Morgan fingerprint density at radius 2 is 1.89 bits per heavy atom. The second kappa shape index (κ2) is 6.57.